The van der Waals surface area contributed by atoms with Crippen molar-refractivity contribution in [3.05, 3.63) is 82.1 Å². The third-order valence-electron chi connectivity index (χ3n) is 4.65. The third-order valence-corrected chi connectivity index (χ3v) is 5.71. The highest BCUT2D eigenvalue weighted by atomic mass is 35.5. The van der Waals surface area contributed by atoms with Gasteiger partial charge in [0, 0.05) is 42.5 Å². The second kappa shape index (κ2) is 12.1. The average molecular weight is 489 g/mol. The van der Waals surface area contributed by atoms with Gasteiger partial charge in [-0.3, -0.25) is 14.4 Å². The van der Waals surface area contributed by atoms with Crippen molar-refractivity contribution < 1.29 is 18.8 Å². The van der Waals surface area contributed by atoms with Gasteiger partial charge in [-0.25, -0.2) is 9.37 Å². The number of benzene rings is 2. The zero-order chi connectivity index (χ0) is 23.6. The van der Waals surface area contributed by atoms with Crippen molar-refractivity contribution in [3.63, 3.8) is 0 Å². The molecule has 0 aliphatic carbocycles. The fourth-order valence-electron chi connectivity index (χ4n) is 2.94. The van der Waals surface area contributed by atoms with E-state index in [2.05, 4.69) is 15.6 Å². The number of amides is 3. The first kappa shape index (κ1) is 24.3. The molecule has 7 nitrogen and oxygen atoms in total. The molecular weight excluding hydrogens is 467 g/mol. The Morgan fingerprint density at radius 3 is 2.48 bits per heavy atom. The van der Waals surface area contributed by atoms with Crippen LogP contribution in [0.3, 0.4) is 0 Å². The van der Waals surface area contributed by atoms with Crippen LogP contribution in [0.4, 0.5) is 9.52 Å². The smallest absolute Gasteiger partial charge is 0.239 e. The summed E-state index contributed by atoms with van der Waals surface area (Å²) in [5.41, 5.74) is 1.42. The highest BCUT2D eigenvalue weighted by molar-refractivity contribution is 7.13. The lowest BCUT2D eigenvalue weighted by atomic mass is 10.2. The van der Waals surface area contributed by atoms with Gasteiger partial charge < -0.3 is 15.5 Å². The fourth-order valence-corrected chi connectivity index (χ4v) is 3.68. The Hall–Kier alpha value is -3.30. The van der Waals surface area contributed by atoms with Crippen molar-refractivity contribution in [2.75, 3.05) is 11.9 Å². The van der Waals surface area contributed by atoms with Crippen molar-refractivity contribution in [2.24, 2.45) is 0 Å². The summed E-state index contributed by atoms with van der Waals surface area (Å²) in [5.74, 6) is -1.44. The molecule has 2 N–H and O–H groups in total. The number of carbonyl (C=O) groups is 3. The summed E-state index contributed by atoms with van der Waals surface area (Å²) in [6.45, 7) is 0.110. The maximum absolute atomic E-state index is 13.0. The molecule has 33 heavy (non-hydrogen) atoms. The van der Waals surface area contributed by atoms with Crippen molar-refractivity contribution in [2.45, 2.75) is 25.9 Å². The van der Waals surface area contributed by atoms with Gasteiger partial charge in [-0.05, 0) is 29.3 Å². The van der Waals surface area contributed by atoms with Gasteiger partial charge in [0.25, 0.3) is 0 Å². The van der Waals surface area contributed by atoms with E-state index in [-0.39, 0.29) is 56.0 Å². The van der Waals surface area contributed by atoms with E-state index in [0.29, 0.717) is 15.7 Å². The van der Waals surface area contributed by atoms with Crippen molar-refractivity contribution in [3.8, 4) is 0 Å². The van der Waals surface area contributed by atoms with Gasteiger partial charge in [0.05, 0.1) is 6.54 Å². The van der Waals surface area contributed by atoms with Gasteiger partial charge in [0.1, 0.15) is 5.82 Å². The number of anilines is 1. The molecule has 0 atom stereocenters. The van der Waals surface area contributed by atoms with Gasteiger partial charge in [0.2, 0.25) is 17.7 Å². The Kier molecular flexibility index (Phi) is 8.91. The molecule has 3 amide bonds. The number of carbonyl (C=O) groups excluding carboxylic acids is 3. The third kappa shape index (κ3) is 7.96. The molecule has 0 bridgehead atoms. The Balaban J connectivity index is 1.60. The largest absolute Gasteiger partial charge is 0.350 e. The molecule has 10 heteroatoms. The monoisotopic (exact) mass is 488 g/mol. The molecule has 0 spiro atoms. The van der Waals surface area contributed by atoms with Gasteiger partial charge >= 0.3 is 0 Å². The predicted molar refractivity (Wildman–Crippen MR) is 125 cm³/mol. The first-order chi connectivity index (χ1) is 15.9. The number of nitrogens with one attached hydrogen (secondary N) is 2. The summed E-state index contributed by atoms with van der Waals surface area (Å²) in [5, 5.41) is 8.02. The lowest BCUT2D eigenvalue weighted by molar-refractivity contribution is -0.137. The van der Waals surface area contributed by atoms with Crippen LogP contribution < -0.4 is 10.6 Å². The van der Waals surface area contributed by atoms with Crippen LogP contribution in [0.5, 0.6) is 0 Å². The summed E-state index contributed by atoms with van der Waals surface area (Å²) < 4.78 is 13.0. The van der Waals surface area contributed by atoms with Gasteiger partial charge in [-0.15, -0.1) is 11.3 Å². The number of hydrogen-bond donors (Lipinski definition) is 2. The number of rotatable bonds is 10. The van der Waals surface area contributed by atoms with E-state index in [1.165, 1.54) is 28.4 Å². The molecule has 2 aromatic carbocycles. The average Bonchev–Trinajstić information content (AvgIpc) is 3.31. The molecule has 0 unspecified atom stereocenters. The molecule has 0 radical (unpaired) electrons. The molecule has 0 saturated heterocycles. The van der Waals surface area contributed by atoms with E-state index in [0.717, 1.165) is 5.56 Å². The van der Waals surface area contributed by atoms with Crippen molar-refractivity contribution in [1.29, 1.82) is 0 Å². The summed E-state index contributed by atoms with van der Waals surface area (Å²) in [6.07, 6.45) is 1.45. The molecule has 3 rings (SSSR count). The standard InChI is InChI=1S/C23H22ClFN4O3S/c24-19-4-2-1-3-17(19)14-29(15-21(31)27-13-16-5-7-18(25)8-6-16)22(32)10-9-20(30)28-23-26-11-12-33-23/h1-8,11-12H,9-10,13-15H2,(H,27,31)(H,26,28,30). The van der Waals surface area contributed by atoms with Crippen LogP contribution in [0.1, 0.15) is 24.0 Å². The lowest BCUT2D eigenvalue weighted by Crippen LogP contribution is -2.40. The minimum absolute atomic E-state index is 0.0470. The molecule has 0 aliphatic heterocycles. The SMILES string of the molecule is O=C(CN(Cc1ccccc1Cl)C(=O)CCC(=O)Nc1nccs1)NCc1ccc(F)cc1. The molecular formula is C23H22ClFN4O3S. The molecule has 0 saturated carbocycles. The Morgan fingerprint density at radius 1 is 1.03 bits per heavy atom. The Morgan fingerprint density at radius 2 is 1.79 bits per heavy atom. The van der Waals surface area contributed by atoms with Crippen LogP contribution in [0.2, 0.25) is 5.02 Å². The summed E-state index contributed by atoms with van der Waals surface area (Å²) >= 11 is 7.51. The van der Waals surface area contributed by atoms with E-state index >= 15 is 0 Å². The first-order valence-corrected chi connectivity index (χ1v) is 11.4. The molecule has 0 aliphatic rings. The molecule has 1 aromatic heterocycles. The van der Waals surface area contributed by atoms with E-state index in [1.807, 2.05) is 0 Å². The van der Waals surface area contributed by atoms with E-state index in [9.17, 15) is 18.8 Å². The summed E-state index contributed by atoms with van der Waals surface area (Å²) in [6, 6.07) is 12.8. The quantitative estimate of drug-likeness (QED) is 0.451. The van der Waals surface area contributed by atoms with Crippen LogP contribution in [0.15, 0.2) is 60.1 Å². The second-order valence-electron chi connectivity index (χ2n) is 7.13. The van der Waals surface area contributed by atoms with Crippen LogP contribution in [-0.4, -0.2) is 34.2 Å². The number of aromatic nitrogens is 1. The minimum atomic E-state index is -0.382. The van der Waals surface area contributed by atoms with E-state index < -0.39 is 0 Å². The zero-order valence-corrected chi connectivity index (χ0v) is 19.2. The Bertz CT molecular complexity index is 1090. The number of hydrogen-bond acceptors (Lipinski definition) is 5. The maximum Gasteiger partial charge on any atom is 0.239 e. The lowest BCUT2D eigenvalue weighted by Gasteiger charge is -2.23. The van der Waals surface area contributed by atoms with Crippen molar-refractivity contribution in [1.82, 2.24) is 15.2 Å². The Labute approximate surface area is 199 Å². The highest BCUT2D eigenvalue weighted by Crippen LogP contribution is 2.18. The fraction of sp³-hybridized carbons (Fsp3) is 0.217. The second-order valence-corrected chi connectivity index (χ2v) is 8.43. The van der Waals surface area contributed by atoms with E-state index in [1.54, 1.807) is 48.0 Å². The normalized spacial score (nSPS) is 10.5. The van der Waals surface area contributed by atoms with Gasteiger partial charge in [-0.1, -0.05) is 41.9 Å². The summed E-state index contributed by atoms with van der Waals surface area (Å²) in [7, 11) is 0. The number of nitrogens with zero attached hydrogens (tertiary/aromatic N) is 2. The van der Waals surface area contributed by atoms with Gasteiger partial charge in [-0.2, -0.15) is 0 Å². The van der Waals surface area contributed by atoms with Crippen LogP contribution in [0, 0.1) is 5.82 Å². The topological polar surface area (TPSA) is 91.4 Å². The van der Waals surface area contributed by atoms with Crippen LogP contribution >= 0.6 is 22.9 Å². The van der Waals surface area contributed by atoms with Gasteiger partial charge in [0.15, 0.2) is 5.13 Å². The first-order valence-electron chi connectivity index (χ1n) is 10.1. The predicted octanol–water partition coefficient (Wildman–Crippen LogP) is 4.00. The minimum Gasteiger partial charge on any atom is -0.350 e. The number of thiazole rings is 1. The molecule has 1 heterocycles. The zero-order valence-electron chi connectivity index (χ0n) is 17.6. The molecule has 0 fully saturated rings. The number of halogens is 2. The van der Waals surface area contributed by atoms with Crippen molar-refractivity contribution >= 4 is 45.8 Å². The molecule has 172 valence electrons. The molecule has 3 aromatic rings. The van der Waals surface area contributed by atoms with Crippen LogP contribution in [0.25, 0.3) is 0 Å². The van der Waals surface area contributed by atoms with Crippen LogP contribution in [-0.2, 0) is 27.5 Å². The maximum atomic E-state index is 13.0. The summed E-state index contributed by atoms with van der Waals surface area (Å²) in [4.78, 5) is 42.9. The van der Waals surface area contributed by atoms with E-state index in [4.69, 9.17) is 11.6 Å². The highest BCUT2D eigenvalue weighted by Gasteiger charge is 2.20.